The summed E-state index contributed by atoms with van der Waals surface area (Å²) in [5.41, 5.74) is 0. The van der Waals surface area contributed by atoms with Crippen LogP contribution >= 0.6 is 7.82 Å². The lowest BCUT2D eigenvalue weighted by molar-refractivity contribution is -0.161. The average molecular weight is 893 g/mol. The van der Waals surface area contributed by atoms with Gasteiger partial charge in [-0.2, -0.15) is 0 Å². The molecular weight excluding hydrogens is 808 g/mol. The molecule has 0 heterocycles. The van der Waals surface area contributed by atoms with E-state index in [1.54, 1.807) is 0 Å². The molecule has 3 atom stereocenters. The van der Waals surface area contributed by atoms with E-state index < -0.39 is 57.8 Å². The van der Waals surface area contributed by atoms with E-state index in [4.69, 9.17) is 23.3 Å². The summed E-state index contributed by atoms with van der Waals surface area (Å²) in [5, 5.41) is 9.73. The highest BCUT2D eigenvalue weighted by molar-refractivity contribution is 7.47. The highest BCUT2D eigenvalue weighted by atomic mass is 31.2. The molecule has 0 bridgehead atoms. The predicted molar refractivity (Wildman–Crippen MR) is 251 cm³/mol. The Hall–Kier alpha value is -3.08. The fraction of sp³-hybridized carbons (Fsp3) is 0.700. The van der Waals surface area contributed by atoms with E-state index in [-0.39, 0.29) is 25.9 Å². The van der Waals surface area contributed by atoms with Gasteiger partial charge in [0, 0.05) is 19.3 Å². The number of allylic oxidation sites excluding steroid dienone is 12. The number of phosphoric acid groups is 1. The second-order valence-corrected chi connectivity index (χ2v) is 17.0. The molecule has 0 aliphatic carbocycles. The first-order chi connectivity index (χ1) is 30.2. The van der Waals surface area contributed by atoms with Crippen LogP contribution in [-0.2, 0) is 42.2 Å². The van der Waals surface area contributed by atoms with E-state index in [1.807, 2.05) is 12.2 Å². The quantitative estimate of drug-likeness (QED) is 0.0198. The summed E-state index contributed by atoms with van der Waals surface area (Å²) in [6.45, 7) is 4.30. The Morgan fingerprint density at radius 1 is 0.468 bits per heavy atom. The van der Waals surface area contributed by atoms with Crippen molar-refractivity contribution in [2.24, 2.45) is 0 Å². The molecule has 62 heavy (non-hydrogen) atoms. The van der Waals surface area contributed by atoms with Gasteiger partial charge < -0.3 is 24.2 Å². The van der Waals surface area contributed by atoms with Gasteiger partial charge in [-0.3, -0.25) is 23.4 Å². The van der Waals surface area contributed by atoms with Gasteiger partial charge in [0.2, 0.25) is 0 Å². The Bertz CT molecular complexity index is 1320. The van der Waals surface area contributed by atoms with Crippen molar-refractivity contribution >= 4 is 25.7 Å². The number of aliphatic hydroxyl groups excluding tert-OH is 1. The molecule has 0 rings (SSSR count). The first-order valence-electron chi connectivity index (χ1n) is 23.8. The standard InChI is InChI=1S/C50H85O11P/c1-4-7-10-13-16-19-22-23-26-27-30-33-36-39-48(52)57-43-47(61-50(54)41-38-35-32-29-25-21-18-15-12-9-6-3)45-59-62(55,56)58-44-46(42-51)60-49(53)40-37-34-31-28-24-20-17-14-11-8-5-2/h7,10,14-19,23,26,30,33,46-47,51H,4-6,8-9,11-13,20-22,24-25,27-29,31-32,34-45H2,1-3H3,(H,55,56)/b10-7-,17-14-,18-15-,19-16-,26-23-,33-30-. The van der Waals surface area contributed by atoms with E-state index in [1.165, 1.54) is 25.7 Å². The van der Waals surface area contributed by atoms with E-state index in [0.717, 1.165) is 103 Å². The number of ether oxygens (including phenoxy) is 3. The molecule has 0 radical (unpaired) electrons. The van der Waals surface area contributed by atoms with Gasteiger partial charge >= 0.3 is 25.7 Å². The van der Waals surface area contributed by atoms with E-state index in [0.29, 0.717) is 19.3 Å². The van der Waals surface area contributed by atoms with Gasteiger partial charge in [0.05, 0.1) is 19.8 Å². The molecule has 0 aromatic heterocycles. The lowest BCUT2D eigenvalue weighted by Gasteiger charge is -2.21. The van der Waals surface area contributed by atoms with Crippen LogP contribution in [0.25, 0.3) is 0 Å². The lowest BCUT2D eigenvalue weighted by atomic mass is 10.1. The molecule has 356 valence electrons. The van der Waals surface area contributed by atoms with Gasteiger partial charge in [-0.05, 0) is 83.5 Å². The van der Waals surface area contributed by atoms with Crippen molar-refractivity contribution in [3.8, 4) is 0 Å². The van der Waals surface area contributed by atoms with Gasteiger partial charge in [-0.25, -0.2) is 4.57 Å². The molecule has 0 aromatic carbocycles. The molecule has 0 aromatic rings. The Labute approximate surface area is 376 Å². The molecule has 12 heteroatoms. The van der Waals surface area contributed by atoms with Crippen molar-refractivity contribution in [2.75, 3.05) is 26.4 Å². The Morgan fingerprint density at radius 2 is 0.871 bits per heavy atom. The molecule has 0 aliphatic rings. The first kappa shape index (κ1) is 58.9. The van der Waals surface area contributed by atoms with Gasteiger partial charge in [0.1, 0.15) is 12.7 Å². The summed E-state index contributed by atoms with van der Waals surface area (Å²) in [5.74, 6) is -1.59. The van der Waals surface area contributed by atoms with Crippen LogP contribution in [0.1, 0.15) is 188 Å². The number of rotatable bonds is 43. The smallest absolute Gasteiger partial charge is 0.462 e. The number of carbonyl (C=O) groups excluding carboxylic acids is 3. The molecule has 0 fully saturated rings. The maximum absolute atomic E-state index is 12.8. The minimum Gasteiger partial charge on any atom is -0.462 e. The largest absolute Gasteiger partial charge is 0.472 e. The second-order valence-electron chi connectivity index (χ2n) is 15.5. The molecule has 0 aliphatic heterocycles. The molecular formula is C50H85O11P. The van der Waals surface area contributed by atoms with E-state index >= 15 is 0 Å². The van der Waals surface area contributed by atoms with Crippen LogP contribution in [0.2, 0.25) is 0 Å². The van der Waals surface area contributed by atoms with Crippen LogP contribution in [-0.4, -0.2) is 66.5 Å². The maximum atomic E-state index is 12.8. The molecule has 0 saturated carbocycles. The number of carbonyl (C=O) groups is 3. The van der Waals surface area contributed by atoms with Crippen molar-refractivity contribution in [1.29, 1.82) is 0 Å². The Kier molecular flexibility index (Phi) is 42.3. The van der Waals surface area contributed by atoms with Crippen molar-refractivity contribution in [3.05, 3.63) is 72.9 Å². The van der Waals surface area contributed by atoms with Crippen LogP contribution in [0, 0.1) is 0 Å². The van der Waals surface area contributed by atoms with Crippen molar-refractivity contribution in [1.82, 2.24) is 0 Å². The third kappa shape index (κ3) is 42.2. The number of hydrogen-bond acceptors (Lipinski definition) is 10. The van der Waals surface area contributed by atoms with E-state index in [9.17, 15) is 28.9 Å². The number of aliphatic hydroxyl groups is 1. The molecule has 0 saturated heterocycles. The third-order valence-electron chi connectivity index (χ3n) is 9.60. The molecule has 3 unspecified atom stereocenters. The number of unbranched alkanes of at least 4 members (excludes halogenated alkanes) is 14. The highest BCUT2D eigenvalue weighted by Gasteiger charge is 2.28. The minimum absolute atomic E-state index is 0.101. The SMILES string of the molecule is CC/C=C\C/C=C\C/C=C\C/C=C\CCC(=O)OCC(COP(=O)(O)OCC(CO)OC(=O)CCCCCCC/C=C\CCCC)OC(=O)CCCCCCC/C=C\CCCC. The summed E-state index contributed by atoms with van der Waals surface area (Å²) >= 11 is 0. The second kappa shape index (κ2) is 44.5. The normalized spacial score (nSPS) is 14.2. The number of esters is 3. The highest BCUT2D eigenvalue weighted by Crippen LogP contribution is 2.43. The fourth-order valence-electron chi connectivity index (χ4n) is 5.92. The summed E-state index contributed by atoms with van der Waals surface area (Å²) < 4.78 is 39.1. The molecule has 2 N–H and O–H groups in total. The van der Waals surface area contributed by atoms with Crippen molar-refractivity contribution < 1.29 is 52.2 Å². The van der Waals surface area contributed by atoms with Gasteiger partial charge in [-0.15, -0.1) is 0 Å². The monoisotopic (exact) mass is 893 g/mol. The maximum Gasteiger partial charge on any atom is 0.472 e. The van der Waals surface area contributed by atoms with Gasteiger partial charge in [0.25, 0.3) is 0 Å². The lowest BCUT2D eigenvalue weighted by Crippen LogP contribution is -2.30. The predicted octanol–water partition coefficient (Wildman–Crippen LogP) is 13.0. The van der Waals surface area contributed by atoms with Crippen molar-refractivity contribution in [2.45, 2.75) is 200 Å². The molecule has 11 nitrogen and oxygen atoms in total. The summed E-state index contributed by atoms with van der Waals surface area (Å²) in [6.07, 6.45) is 46.2. The van der Waals surface area contributed by atoms with Crippen molar-refractivity contribution in [3.63, 3.8) is 0 Å². The zero-order chi connectivity index (χ0) is 45.6. The van der Waals surface area contributed by atoms with Crippen LogP contribution in [0.5, 0.6) is 0 Å². The van der Waals surface area contributed by atoms with Gasteiger partial charge in [-0.1, -0.05) is 158 Å². The van der Waals surface area contributed by atoms with Crippen LogP contribution in [0.3, 0.4) is 0 Å². The first-order valence-corrected chi connectivity index (χ1v) is 25.3. The zero-order valence-corrected chi connectivity index (χ0v) is 39.7. The molecule has 0 spiro atoms. The van der Waals surface area contributed by atoms with Crippen LogP contribution in [0.4, 0.5) is 0 Å². The van der Waals surface area contributed by atoms with E-state index in [2.05, 4.69) is 81.5 Å². The third-order valence-corrected chi connectivity index (χ3v) is 10.5. The summed E-state index contributed by atoms with van der Waals surface area (Å²) in [4.78, 5) is 48.0. The number of hydrogen-bond donors (Lipinski definition) is 2. The van der Waals surface area contributed by atoms with Crippen LogP contribution < -0.4 is 0 Å². The topological polar surface area (TPSA) is 155 Å². The number of phosphoric ester groups is 1. The fourth-order valence-corrected chi connectivity index (χ4v) is 6.70. The Morgan fingerprint density at radius 3 is 1.35 bits per heavy atom. The zero-order valence-electron chi connectivity index (χ0n) is 38.8. The average Bonchev–Trinajstić information content (AvgIpc) is 3.25. The summed E-state index contributed by atoms with van der Waals surface area (Å²) in [7, 11) is -4.75. The van der Waals surface area contributed by atoms with Crippen LogP contribution in [0.15, 0.2) is 72.9 Å². The minimum atomic E-state index is -4.75. The molecule has 0 amide bonds. The Balaban J connectivity index is 4.86. The summed E-state index contributed by atoms with van der Waals surface area (Å²) in [6, 6.07) is 0. The van der Waals surface area contributed by atoms with Gasteiger partial charge in [0.15, 0.2) is 6.10 Å².